The SMILES string of the molecule is CC(C)CC(C)(C)CNCC(C)(C)CN. The van der Waals surface area contributed by atoms with Gasteiger partial charge in [-0.2, -0.15) is 0 Å². The molecular weight excluding hydrogens is 184 g/mol. The summed E-state index contributed by atoms with van der Waals surface area (Å²) in [5.74, 6) is 0.768. The van der Waals surface area contributed by atoms with Gasteiger partial charge in [0.05, 0.1) is 0 Å². The zero-order valence-corrected chi connectivity index (χ0v) is 11.5. The molecular formula is C13H30N2. The van der Waals surface area contributed by atoms with Crippen molar-refractivity contribution in [3.05, 3.63) is 0 Å². The quantitative estimate of drug-likeness (QED) is 0.684. The second-order valence-electron chi connectivity index (χ2n) is 6.73. The molecule has 0 unspecified atom stereocenters. The van der Waals surface area contributed by atoms with Gasteiger partial charge in [-0.25, -0.2) is 0 Å². The Morgan fingerprint density at radius 1 is 1.00 bits per heavy atom. The average molecular weight is 214 g/mol. The number of nitrogens with one attached hydrogen (secondary N) is 1. The summed E-state index contributed by atoms with van der Waals surface area (Å²) in [6, 6.07) is 0. The molecule has 0 atom stereocenters. The summed E-state index contributed by atoms with van der Waals surface area (Å²) in [4.78, 5) is 0. The van der Waals surface area contributed by atoms with Crippen LogP contribution in [0.15, 0.2) is 0 Å². The van der Waals surface area contributed by atoms with Crippen LogP contribution in [0.4, 0.5) is 0 Å². The maximum atomic E-state index is 5.70. The van der Waals surface area contributed by atoms with Crippen molar-refractivity contribution in [2.45, 2.75) is 48.0 Å². The first-order valence-electron chi connectivity index (χ1n) is 6.09. The molecule has 92 valence electrons. The van der Waals surface area contributed by atoms with Gasteiger partial charge in [-0.05, 0) is 29.7 Å². The molecule has 0 rings (SSSR count). The third kappa shape index (κ3) is 7.80. The minimum absolute atomic E-state index is 0.216. The number of hydrogen-bond acceptors (Lipinski definition) is 2. The molecule has 2 heteroatoms. The van der Waals surface area contributed by atoms with Crippen molar-refractivity contribution in [1.29, 1.82) is 0 Å². The second kappa shape index (κ2) is 5.86. The van der Waals surface area contributed by atoms with Crippen molar-refractivity contribution < 1.29 is 0 Å². The lowest BCUT2D eigenvalue weighted by atomic mass is 9.83. The molecule has 0 amide bonds. The van der Waals surface area contributed by atoms with Crippen LogP contribution in [0.1, 0.15) is 48.0 Å². The maximum absolute atomic E-state index is 5.70. The highest BCUT2D eigenvalue weighted by molar-refractivity contribution is 4.77. The first-order valence-corrected chi connectivity index (χ1v) is 6.09. The lowest BCUT2D eigenvalue weighted by molar-refractivity contribution is 0.251. The van der Waals surface area contributed by atoms with Crippen molar-refractivity contribution >= 4 is 0 Å². The molecule has 0 aliphatic heterocycles. The van der Waals surface area contributed by atoms with E-state index in [-0.39, 0.29) is 5.41 Å². The van der Waals surface area contributed by atoms with E-state index in [1.807, 2.05) is 0 Å². The fourth-order valence-corrected chi connectivity index (χ4v) is 1.99. The minimum atomic E-state index is 0.216. The molecule has 0 aromatic carbocycles. The van der Waals surface area contributed by atoms with Gasteiger partial charge in [0.1, 0.15) is 0 Å². The summed E-state index contributed by atoms with van der Waals surface area (Å²) in [5, 5.41) is 3.54. The van der Waals surface area contributed by atoms with E-state index in [0.717, 1.165) is 25.6 Å². The third-order valence-corrected chi connectivity index (χ3v) is 2.72. The van der Waals surface area contributed by atoms with Gasteiger partial charge in [-0.3, -0.25) is 0 Å². The Labute approximate surface area is 96.0 Å². The smallest absolute Gasteiger partial charge is 0.00148 e. The molecule has 0 fully saturated rings. The molecule has 0 heterocycles. The molecule has 0 saturated heterocycles. The Bertz CT molecular complexity index is 171. The Morgan fingerprint density at radius 2 is 1.47 bits per heavy atom. The standard InChI is InChI=1S/C13H30N2/c1-11(2)7-12(3,4)9-15-10-13(5,6)8-14/h11,15H,7-10,14H2,1-6H3. The topological polar surface area (TPSA) is 38.0 Å². The van der Waals surface area contributed by atoms with Crippen LogP contribution in [0, 0.1) is 16.7 Å². The largest absolute Gasteiger partial charge is 0.330 e. The Hall–Kier alpha value is -0.0800. The highest BCUT2D eigenvalue weighted by atomic mass is 14.9. The molecule has 3 N–H and O–H groups in total. The zero-order chi connectivity index (χ0) is 12.1. The first-order chi connectivity index (χ1) is 6.68. The van der Waals surface area contributed by atoms with Crippen LogP contribution in [0.25, 0.3) is 0 Å². The summed E-state index contributed by atoms with van der Waals surface area (Å²) in [7, 11) is 0. The van der Waals surface area contributed by atoms with E-state index in [0.29, 0.717) is 5.41 Å². The fraction of sp³-hybridized carbons (Fsp3) is 1.00. The number of nitrogens with two attached hydrogens (primary N) is 1. The van der Waals surface area contributed by atoms with Gasteiger partial charge in [0.2, 0.25) is 0 Å². The summed E-state index contributed by atoms with van der Waals surface area (Å²) in [6.45, 7) is 16.5. The molecule has 0 aliphatic carbocycles. The summed E-state index contributed by atoms with van der Waals surface area (Å²) in [6.07, 6.45) is 1.27. The lowest BCUT2D eigenvalue weighted by Gasteiger charge is -2.30. The van der Waals surface area contributed by atoms with E-state index in [9.17, 15) is 0 Å². The molecule has 0 spiro atoms. The molecule has 0 saturated carbocycles. The normalized spacial score (nSPS) is 13.6. The molecule has 0 aromatic heterocycles. The lowest BCUT2D eigenvalue weighted by Crippen LogP contribution is -2.39. The monoisotopic (exact) mass is 214 g/mol. The van der Waals surface area contributed by atoms with E-state index in [1.165, 1.54) is 6.42 Å². The molecule has 0 bridgehead atoms. The predicted molar refractivity (Wildman–Crippen MR) is 68.9 cm³/mol. The van der Waals surface area contributed by atoms with Gasteiger partial charge in [0.15, 0.2) is 0 Å². The van der Waals surface area contributed by atoms with E-state index in [4.69, 9.17) is 5.73 Å². The van der Waals surface area contributed by atoms with Crippen LogP contribution in [-0.2, 0) is 0 Å². The van der Waals surface area contributed by atoms with Gasteiger partial charge < -0.3 is 11.1 Å². The summed E-state index contributed by atoms with van der Waals surface area (Å²) in [5.41, 5.74) is 6.30. The minimum Gasteiger partial charge on any atom is -0.330 e. The molecule has 15 heavy (non-hydrogen) atoms. The van der Waals surface area contributed by atoms with Gasteiger partial charge in [0, 0.05) is 13.1 Å². The number of rotatable bonds is 7. The van der Waals surface area contributed by atoms with Crippen LogP contribution >= 0.6 is 0 Å². The average Bonchev–Trinajstić information content (AvgIpc) is 2.00. The van der Waals surface area contributed by atoms with E-state index in [1.54, 1.807) is 0 Å². The Balaban J connectivity index is 3.84. The van der Waals surface area contributed by atoms with Gasteiger partial charge in [-0.1, -0.05) is 41.5 Å². The van der Waals surface area contributed by atoms with E-state index in [2.05, 4.69) is 46.9 Å². The maximum Gasteiger partial charge on any atom is 0.00148 e. The first kappa shape index (κ1) is 14.9. The summed E-state index contributed by atoms with van der Waals surface area (Å²) >= 11 is 0. The third-order valence-electron chi connectivity index (χ3n) is 2.72. The van der Waals surface area contributed by atoms with Gasteiger partial charge in [-0.15, -0.1) is 0 Å². The molecule has 0 aliphatic rings. The van der Waals surface area contributed by atoms with Crippen LogP contribution < -0.4 is 11.1 Å². The fourth-order valence-electron chi connectivity index (χ4n) is 1.99. The molecule has 0 radical (unpaired) electrons. The van der Waals surface area contributed by atoms with Crippen LogP contribution in [0.5, 0.6) is 0 Å². The van der Waals surface area contributed by atoms with E-state index < -0.39 is 0 Å². The molecule has 0 aromatic rings. The number of hydrogen-bond donors (Lipinski definition) is 2. The van der Waals surface area contributed by atoms with Crippen molar-refractivity contribution in [3.8, 4) is 0 Å². The van der Waals surface area contributed by atoms with Crippen molar-refractivity contribution in [3.63, 3.8) is 0 Å². The van der Waals surface area contributed by atoms with Crippen LogP contribution in [0.2, 0.25) is 0 Å². The highest BCUT2D eigenvalue weighted by Gasteiger charge is 2.21. The highest BCUT2D eigenvalue weighted by Crippen LogP contribution is 2.24. The van der Waals surface area contributed by atoms with Crippen molar-refractivity contribution in [2.75, 3.05) is 19.6 Å². The van der Waals surface area contributed by atoms with Crippen molar-refractivity contribution in [2.24, 2.45) is 22.5 Å². The second-order valence-corrected chi connectivity index (χ2v) is 6.73. The Morgan fingerprint density at radius 3 is 1.87 bits per heavy atom. The van der Waals surface area contributed by atoms with Crippen molar-refractivity contribution in [1.82, 2.24) is 5.32 Å². The van der Waals surface area contributed by atoms with Gasteiger partial charge >= 0.3 is 0 Å². The van der Waals surface area contributed by atoms with E-state index >= 15 is 0 Å². The van der Waals surface area contributed by atoms with Crippen LogP contribution in [0.3, 0.4) is 0 Å². The Kier molecular flexibility index (Phi) is 5.82. The van der Waals surface area contributed by atoms with Crippen LogP contribution in [-0.4, -0.2) is 19.6 Å². The predicted octanol–water partition coefficient (Wildman–Crippen LogP) is 2.63. The van der Waals surface area contributed by atoms with Gasteiger partial charge in [0.25, 0.3) is 0 Å². The summed E-state index contributed by atoms with van der Waals surface area (Å²) < 4.78 is 0. The molecule has 2 nitrogen and oxygen atoms in total. The zero-order valence-electron chi connectivity index (χ0n) is 11.5.